The predicted molar refractivity (Wildman–Crippen MR) is 85.0 cm³/mol. The molecular weight excluding hydrogens is 264 g/mol. The summed E-state index contributed by atoms with van der Waals surface area (Å²) in [5.41, 5.74) is 0. The minimum Gasteiger partial charge on any atom is -0.393 e. The molecule has 2 saturated carbocycles. The van der Waals surface area contributed by atoms with E-state index in [2.05, 4.69) is 17.1 Å². The minimum atomic E-state index is -0.178. The maximum atomic E-state index is 12.2. The van der Waals surface area contributed by atoms with Gasteiger partial charge in [0.05, 0.1) is 12.6 Å². The van der Waals surface area contributed by atoms with Crippen LogP contribution in [-0.2, 0) is 4.79 Å². The number of aliphatic hydroxyl groups is 1. The Labute approximate surface area is 129 Å². The Morgan fingerprint density at radius 3 is 2.52 bits per heavy atom. The fourth-order valence-electron chi connectivity index (χ4n) is 3.89. The van der Waals surface area contributed by atoms with Gasteiger partial charge in [0.1, 0.15) is 0 Å². The van der Waals surface area contributed by atoms with E-state index in [1.807, 2.05) is 7.05 Å². The molecule has 4 unspecified atom stereocenters. The molecule has 0 radical (unpaired) electrons. The minimum absolute atomic E-state index is 0.140. The van der Waals surface area contributed by atoms with Gasteiger partial charge in [-0.25, -0.2) is 0 Å². The molecule has 0 aromatic carbocycles. The normalized spacial score (nSPS) is 33.9. The van der Waals surface area contributed by atoms with Gasteiger partial charge in [0.25, 0.3) is 0 Å². The first kappa shape index (κ1) is 16.8. The largest absolute Gasteiger partial charge is 0.393 e. The Morgan fingerprint density at radius 2 is 1.81 bits per heavy atom. The number of nitrogens with one attached hydrogen (secondary N) is 1. The Balaban J connectivity index is 1.71. The second kappa shape index (κ2) is 8.14. The molecule has 0 heterocycles. The van der Waals surface area contributed by atoms with Gasteiger partial charge in [-0.05, 0) is 44.6 Å². The molecular formula is C17H32N2O2. The predicted octanol–water partition coefficient (Wildman–Crippen LogP) is 2.16. The summed E-state index contributed by atoms with van der Waals surface area (Å²) in [7, 11) is 1.99. The van der Waals surface area contributed by atoms with E-state index in [0.717, 1.165) is 32.2 Å². The van der Waals surface area contributed by atoms with Crippen molar-refractivity contribution >= 4 is 5.91 Å². The molecule has 4 nitrogen and oxygen atoms in total. The molecule has 0 aromatic heterocycles. The van der Waals surface area contributed by atoms with E-state index in [1.165, 1.54) is 25.7 Å². The van der Waals surface area contributed by atoms with Crippen LogP contribution >= 0.6 is 0 Å². The van der Waals surface area contributed by atoms with Crippen LogP contribution in [0.15, 0.2) is 0 Å². The molecule has 122 valence electrons. The molecule has 2 aliphatic rings. The van der Waals surface area contributed by atoms with Crippen molar-refractivity contribution in [3.63, 3.8) is 0 Å². The van der Waals surface area contributed by atoms with Gasteiger partial charge in [-0.2, -0.15) is 0 Å². The van der Waals surface area contributed by atoms with E-state index in [0.29, 0.717) is 24.4 Å². The van der Waals surface area contributed by atoms with Gasteiger partial charge in [0.2, 0.25) is 5.91 Å². The SMILES string of the molecule is CC1CCCCC1NC(=O)CN(C)CC1CCCCC1O. The summed E-state index contributed by atoms with van der Waals surface area (Å²) in [5.74, 6) is 1.08. The lowest BCUT2D eigenvalue weighted by atomic mass is 9.86. The number of rotatable bonds is 5. The zero-order valence-electron chi connectivity index (χ0n) is 13.7. The summed E-state index contributed by atoms with van der Waals surface area (Å²) in [6.45, 7) is 3.52. The molecule has 4 heteroatoms. The highest BCUT2D eigenvalue weighted by Gasteiger charge is 2.26. The van der Waals surface area contributed by atoms with Crippen molar-refractivity contribution < 1.29 is 9.90 Å². The quantitative estimate of drug-likeness (QED) is 0.817. The van der Waals surface area contributed by atoms with Gasteiger partial charge in [-0.1, -0.05) is 32.6 Å². The van der Waals surface area contributed by atoms with Crippen molar-refractivity contribution in [2.75, 3.05) is 20.1 Å². The summed E-state index contributed by atoms with van der Waals surface area (Å²) in [6, 6.07) is 0.361. The lowest BCUT2D eigenvalue weighted by molar-refractivity contribution is -0.123. The summed E-state index contributed by atoms with van der Waals surface area (Å²) >= 11 is 0. The van der Waals surface area contributed by atoms with Gasteiger partial charge in [-0.15, -0.1) is 0 Å². The lowest BCUT2D eigenvalue weighted by Crippen LogP contribution is -2.46. The second-order valence-corrected chi connectivity index (χ2v) is 7.24. The topological polar surface area (TPSA) is 52.6 Å². The maximum Gasteiger partial charge on any atom is 0.234 e. The molecule has 0 spiro atoms. The molecule has 2 N–H and O–H groups in total. The van der Waals surface area contributed by atoms with Crippen LogP contribution in [0.5, 0.6) is 0 Å². The smallest absolute Gasteiger partial charge is 0.234 e. The van der Waals surface area contributed by atoms with Crippen LogP contribution in [-0.4, -0.2) is 48.2 Å². The third-order valence-corrected chi connectivity index (χ3v) is 5.29. The molecule has 1 amide bonds. The van der Waals surface area contributed by atoms with Crippen LogP contribution in [0.4, 0.5) is 0 Å². The number of amides is 1. The standard InChI is InChI=1S/C17H32N2O2/c1-13-7-3-5-9-15(13)18-17(21)12-19(2)11-14-8-4-6-10-16(14)20/h13-16,20H,3-12H2,1-2H3,(H,18,21). The Morgan fingerprint density at radius 1 is 1.14 bits per heavy atom. The molecule has 2 fully saturated rings. The molecule has 4 atom stereocenters. The highest BCUT2D eigenvalue weighted by atomic mass is 16.3. The number of likely N-dealkylation sites (N-methyl/N-ethyl adjacent to an activating group) is 1. The van der Waals surface area contributed by atoms with Gasteiger partial charge in [-0.3, -0.25) is 9.69 Å². The van der Waals surface area contributed by atoms with Gasteiger partial charge in [0, 0.05) is 12.6 Å². The molecule has 0 saturated heterocycles. The number of nitrogens with zero attached hydrogens (tertiary/aromatic N) is 1. The Bertz CT molecular complexity index is 335. The van der Waals surface area contributed by atoms with Crippen LogP contribution < -0.4 is 5.32 Å². The Kier molecular flexibility index (Phi) is 6.49. The first-order valence-corrected chi connectivity index (χ1v) is 8.72. The second-order valence-electron chi connectivity index (χ2n) is 7.24. The third kappa shape index (κ3) is 5.26. The van der Waals surface area contributed by atoms with E-state index >= 15 is 0 Å². The summed E-state index contributed by atoms with van der Waals surface area (Å²) in [4.78, 5) is 14.2. The van der Waals surface area contributed by atoms with Gasteiger partial charge in [0.15, 0.2) is 0 Å². The molecule has 2 aliphatic carbocycles. The fourth-order valence-corrected chi connectivity index (χ4v) is 3.89. The molecule has 0 bridgehead atoms. The molecule has 2 rings (SSSR count). The summed E-state index contributed by atoms with van der Waals surface area (Å²) in [6.07, 6.45) is 9.07. The van der Waals surface area contributed by atoms with Crippen molar-refractivity contribution in [2.45, 2.75) is 70.4 Å². The van der Waals surface area contributed by atoms with Gasteiger partial charge >= 0.3 is 0 Å². The highest BCUT2D eigenvalue weighted by molar-refractivity contribution is 5.78. The van der Waals surface area contributed by atoms with Crippen LogP contribution in [0.2, 0.25) is 0 Å². The number of carbonyl (C=O) groups excluding carboxylic acids is 1. The van der Waals surface area contributed by atoms with Crippen molar-refractivity contribution in [2.24, 2.45) is 11.8 Å². The van der Waals surface area contributed by atoms with Crippen molar-refractivity contribution in [1.29, 1.82) is 0 Å². The van der Waals surface area contributed by atoms with Crippen molar-refractivity contribution in [1.82, 2.24) is 10.2 Å². The van der Waals surface area contributed by atoms with E-state index in [4.69, 9.17) is 0 Å². The molecule has 0 aliphatic heterocycles. The number of aliphatic hydroxyl groups excluding tert-OH is 1. The van der Waals surface area contributed by atoms with E-state index in [-0.39, 0.29) is 12.0 Å². The van der Waals surface area contributed by atoms with Crippen LogP contribution in [0.1, 0.15) is 58.3 Å². The van der Waals surface area contributed by atoms with E-state index in [9.17, 15) is 9.90 Å². The third-order valence-electron chi connectivity index (χ3n) is 5.29. The Hall–Kier alpha value is -0.610. The monoisotopic (exact) mass is 296 g/mol. The van der Waals surface area contributed by atoms with Crippen LogP contribution in [0.3, 0.4) is 0 Å². The average Bonchev–Trinajstić information content (AvgIpc) is 2.44. The fraction of sp³-hybridized carbons (Fsp3) is 0.941. The lowest BCUT2D eigenvalue weighted by Gasteiger charge is -2.32. The number of carbonyl (C=O) groups is 1. The zero-order chi connectivity index (χ0) is 15.2. The number of hydrogen-bond donors (Lipinski definition) is 2. The van der Waals surface area contributed by atoms with Crippen molar-refractivity contribution in [3.05, 3.63) is 0 Å². The first-order valence-electron chi connectivity index (χ1n) is 8.72. The first-order chi connectivity index (χ1) is 10.1. The van der Waals surface area contributed by atoms with Crippen LogP contribution in [0, 0.1) is 11.8 Å². The van der Waals surface area contributed by atoms with Crippen LogP contribution in [0.25, 0.3) is 0 Å². The van der Waals surface area contributed by atoms with Crippen molar-refractivity contribution in [3.8, 4) is 0 Å². The number of hydrogen-bond acceptors (Lipinski definition) is 3. The summed E-state index contributed by atoms with van der Waals surface area (Å²) < 4.78 is 0. The average molecular weight is 296 g/mol. The molecule has 0 aromatic rings. The van der Waals surface area contributed by atoms with Gasteiger partial charge < -0.3 is 10.4 Å². The summed E-state index contributed by atoms with van der Waals surface area (Å²) in [5, 5.41) is 13.2. The van der Waals surface area contributed by atoms with E-state index < -0.39 is 0 Å². The molecule has 21 heavy (non-hydrogen) atoms. The zero-order valence-corrected chi connectivity index (χ0v) is 13.7. The maximum absolute atomic E-state index is 12.2. The van der Waals surface area contributed by atoms with E-state index in [1.54, 1.807) is 0 Å². The highest BCUT2D eigenvalue weighted by Crippen LogP contribution is 2.25.